The van der Waals surface area contributed by atoms with Crippen LogP contribution in [-0.2, 0) is 9.47 Å². The highest BCUT2D eigenvalue weighted by atomic mass is 16.5. The van der Waals surface area contributed by atoms with Crippen LogP contribution in [0.25, 0.3) is 0 Å². The average molecular weight is 265 g/mol. The second-order valence-electron chi connectivity index (χ2n) is 5.00. The molecule has 19 heavy (non-hydrogen) atoms. The Kier molecular flexibility index (Phi) is 7.72. The van der Waals surface area contributed by atoms with Crippen molar-refractivity contribution < 1.29 is 9.47 Å². The van der Waals surface area contributed by atoms with E-state index in [2.05, 4.69) is 43.4 Å². The van der Waals surface area contributed by atoms with E-state index in [0.29, 0.717) is 13.2 Å². The van der Waals surface area contributed by atoms with Gasteiger partial charge in [-0.25, -0.2) is 0 Å². The van der Waals surface area contributed by atoms with Gasteiger partial charge in [-0.3, -0.25) is 0 Å². The highest BCUT2D eigenvalue weighted by Crippen LogP contribution is 2.17. The SMILES string of the molecule is CCNCC(OCCOC(C)C)c1cccc(C)c1. The second kappa shape index (κ2) is 9.08. The summed E-state index contributed by atoms with van der Waals surface area (Å²) in [6.07, 6.45) is 0.352. The monoisotopic (exact) mass is 265 g/mol. The molecule has 1 rings (SSSR count). The first-order chi connectivity index (χ1) is 9.13. The average Bonchev–Trinajstić information content (AvgIpc) is 2.37. The van der Waals surface area contributed by atoms with Gasteiger partial charge in [-0.15, -0.1) is 0 Å². The number of likely N-dealkylation sites (N-methyl/N-ethyl adjacent to an activating group) is 1. The van der Waals surface area contributed by atoms with Crippen molar-refractivity contribution in [1.29, 1.82) is 0 Å². The second-order valence-corrected chi connectivity index (χ2v) is 5.00. The zero-order chi connectivity index (χ0) is 14.1. The van der Waals surface area contributed by atoms with Crippen molar-refractivity contribution in [3.05, 3.63) is 35.4 Å². The van der Waals surface area contributed by atoms with Gasteiger partial charge < -0.3 is 14.8 Å². The van der Waals surface area contributed by atoms with E-state index in [1.54, 1.807) is 0 Å². The lowest BCUT2D eigenvalue weighted by Crippen LogP contribution is -2.24. The predicted octanol–water partition coefficient (Wildman–Crippen LogP) is 3.09. The third kappa shape index (κ3) is 6.71. The minimum atomic E-state index is 0.0932. The molecule has 0 aliphatic rings. The maximum Gasteiger partial charge on any atom is 0.0950 e. The smallest absolute Gasteiger partial charge is 0.0950 e. The molecule has 0 aliphatic carbocycles. The molecule has 0 radical (unpaired) electrons. The van der Waals surface area contributed by atoms with Gasteiger partial charge in [0.25, 0.3) is 0 Å². The number of ether oxygens (including phenoxy) is 2. The number of aryl methyl sites for hydroxylation is 1. The van der Waals surface area contributed by atoms with Crippen LogP contribution in [0.15, 0.2) is 24.3 Å². The van der Waals surface area contributed by atoms with Gasteiger partial charge in [0.2, 0.25) is 0 Å². The lowest BCUT2D eigenvalue weighted by atomic mass is 10.1. The molecule has 1 N–H and O–H groups in total. The summed E-state index contributed by atoms with van der Waals surface area (Å²) in [6, 6.07) is 8.50. The van der Waals surface area contributed by atoms with Gasteiger partial charge in [0, 0.05) is 6.54 Å². The third-order valence-electron chi connectivity index (χ3n) is 2.85. The minimum absolute atomic E-state index is 0.0932. The summed E-state index contributed by atoms with van der Waals surface area (Å²) in [4.78, 5) is 0. The molecule has 1 aromatic carbocycles. The van der Waals surface area contributed by atoms with Gasteiger partial charge in [0.15, 0.2) is 0 Å². The van der Waals surface area contributed by atoms with Gasteiger partial charge >= 0.3 is 0 Å². The topological polar surface area (TPSA) is 30.5 Å². The molecule has 3 heteroatoms. The molecule has 0 spiro atoms. The van der Waals surface area contributed by atoms with Crippen LogP contribution in [0.1, 0.15) is 38.0 Å². The van der Waals surface area contributed by atoms with Crippen LogP contribution < -0.4 is 5.32 Å². The van der Waals surface area contributed by atoms with Crippen LogP contribution in [0.5, 0.6) is 0 Å². The van der Waals surface area contributed by atoms with Crippen LogP contribution in [0.4, 0.5) is 0 Å². The third-order valence-corrected chi connectivity index (χ3v) is 2.85. The Morgan fingerprint density at radius 3 is 2.53 bits per heavy atom. The largest absolute Gasteiger partial charge is 0.376 e. The van der Waals surface area contributed by atoms with Crippen molar-refractivity contribution in [2.45, 2.75) is 39.9 Å². The molecule has 3 nitrogen and oxygen atoms in total. The summed E-state index contributed by atoms with van der Waals surface area (Å²) in [6.45, 7) is 11.3. The molecule has 1 aromatic rings. The number of benzene rings is 1. The molecule has 1 unspecified atom stereocenters. The molecule has 0 aliphatic heterocycles. The quantitative estimate of drug-likeness (QED) is 0.696. The van der Waals surface area contributed by atoms with E-state index in [4.69, 9.17) is 9.47 Å². The van der Waals surface area contributed by atoms with Crippen LogP contribution in [0.2, 0.25) is 0 Å². The van der Waals surface area contributed by atoms with Gasteiger partial charge in [0.1, 0.15) is 0 Å². The summed E-state index contributed by atoms with van der Waals surface area (Å²) in [7, 11) is 0. The number of nitrogens with one attached hydrogen (secondary N) is 1. The first kappa shape index (κ1) is 16.2. The summed E-state index contributed by atoms with van der Waals surface area (Å²) in [5, 5.41) is 3.35. The maximum atomic E-state index is 5.95. The Bertz CT molecular complexity index is 352. The lowest BCUT2D eigenvalue weighted by molar-refractivity contribution is -0.0128. The van der Waals surface area contributed by atoms with E-state index in [9.17, 15) is 0 Å². The van der Waals surface area contributed by atoms with Crippen molar-refractivity contribution in [3.8, 4) is 0 Å². The number of hydrogen-bond acceptors (Lipinski definition) is 3. The Balaban J connectivity index is 2.51. The van der Waals surface area contributed by atoms with Crippen molar-refractivity contribution >= 4 is 0 Å². The van der Waals surface area contributed by atoms with Gasteiger partial charge in [-0.05, 0) is 32.9 Å². The molecule has 0 bridgehead atoms. The van der Waals surface area contributed by atoms with E-state index >= 15 is 0 Å². The highest BCUT2D eigenvalue weighted by molar-refractivity contribution is 5.24. The van der Waals surface area contributed by atoms with Crippen molar-refractivity contribution in [1.82, 2.24) is 5.32 Å². The van der Waals surface area contributed by atoms with Crippen molar-refractivity contribution in [2.24, 2.45) is 0 Å². The normalized spacial score (nSPS) is 12.9. The van der Waals surface area contributed by atoms with E-state index < -0.39 is 0 Å². The summed E-state index contributed by atoms with van der Waals surface area (Å²) >= 11 is 0. The molecule has 108 valence electrons. The first-order valence-electron chi connectivity index (χ1n) is 7.14. The van der Waals surface area contributed by atoms with E-state index in [1.807, 2.05) is 13.8 Å². The molecule has 0 fully saturated rings. The molecule has 0 saturated carbocycles. The highest BCUT2D eigenvalue weighted by Gasteiger charge is 2.11. The van der Waals surface area contributed by atoms with E-state index in [1.165, 1.54) is 11.1 Å². The summed E-state index contributed by atoms with van der Waals surface area (Å²) in [5.74, 6) is 0. The zero-order valence-corrected chi connectivity index (χ0v) is 12.6. The number of hydrogen-bond donors (Lipinski definition) is 1. The Labute approximate surface area is 117 Å². The van der Waals surface area contributed by atoms with E-state index in [0.717, 1.165) is 13.1 Å². The van der Waals surface area contributed by atoms with E-state index in [-0.39, 0.29) is 12.2 Å². The van der Waals surface area contributed by atoms with Crippen molar-refractivity contribution in [3.63, 3.8) is 0 Å². The molecule has 0 heterocycles. The fourth-order valence-electron chi connectivity index (χ4n) is 1.89. The van der Waals surface area contributed by atoms with Crippen LogP contribution in [-0.4, -0.2) is 32.4 Å². The summed E-state index contributed by atoms with van der Waals surface area (Å²) < 4.78 is 11.5. The minimum Gasteiger partial charge on any atom is -0.376 e. The van der Waals surface area contributed by atoms with Crippen molar-refractivity contribution in [2.75, 3.05) is 26.3 Å². The van der Waals surface area contributed by atoms with Crippen LogP contribution >= 0.6 is 0 Å². The molecular formula is C16H27NO2. The molecule has 0 saturated heterocycles. The van der Waals surface area contributed by atoms with Crippen LogP contribution in [0, 0.1) is 6.92 Å². The number of rotatable bonds is 9. The predicted molar refractivity (Wildman–Crippen MR) is 79.5 cm³/mol. The Morgan fingerprint density at radius 2 is 1.89 bits per heavy atom. The maximum absolute atomic E-state index is 5.95. The van der Waals surface area contributed by atoms with Gasteiger partial charge in [0.05, 0.1) is 25.4 Å². The molecule has 0 amide bonds. The first-order valence-corrected chi connectivity index (χ1v) is 7.14. The molecule has 0 aromatic heterocycles. The Morgan fingerprint density at radius 1 is 1.16 bits per heavy atom. The van der Waals surface area contributed by atoms with Crippen LogP contribution in [0.3, 0.4) is 0 Å². The summed E-state index contributed by atoms with van der Waals surface area (Å²) in [5.41, 5.74) is 2.49. The lowest BCUT2D eigenvalue weighted by Gasteiger charge is -2.19. The fraction of sp³-hybridized carbons (Fsp3) is 0.625. The fourth-order valence-corrected chi connectivity index (χ4v) is 1.89. The standard InChI is InChI=1S/C16H27NO2/c1-5-17-12-16(19-10-9-18-13(2)3)15-8-6-7-14(4)11-15/h6-8,11,13,16-17H,5,9-10,12H2,1-4H3. The van der Waals surface area contributed by atoms with Gasteiger partial charge in [-0.2, -0.15) is 0 Å². The van der Waals surface area contributed by atoms with Gasteiger partial charge in [-0.1, -0.05) is 36.8 Å². The Hall–Kier alpha value is -0.900. The molecular weight excluding hydrogens is 238 g/mol. The molecule has 1 atom stereocenters. The zero-order valence-electron chi connectivity index (χ0n) is 12.6.